The van der Waals surface area contributed by atoms with Crippen LogP contribution in [0.5, 0.6) is 0 Å². The van der Waals surface area contributed by atoms with E-state index in [0.29, 0.717) is 0 Å². The molecule has 0 aromatic carbocycles. The molecule has 0 saturated carbocycles. The topological polar surface area (TPSA) is 198 Å². The van der Waals surface area contributed by atoms with Crippen LogP contribution in [0.15, 0.2) is 17.4 Å². The van der Waals surface area contributed by atoms with E-state index in [0.717, 1.165) is 4.57 Å². The summed E-state index contributed by atoms with van der Waals surface area (Å²) in [5, 5.41) is 0. The minimum atomic E-state index is -5.03. The zero-order valence-corrected chi connectivity index (χ0v) is 30.9. The van der Waals surface area contributed by atoms with Gasteiger partial charge >= 0.3 is 15.6 Å². The fourth-order valence-corrected chi connectivity index (χ4v) is 7.36. The third kappa shape index (κ3) is 10.9. The van der Waals surface area contributed by atoms with Crippen molar-refractivity contribution in [2.24, 2.45) is 0 Å². The maximum atomic E-state index is 12.8. The van der Waals surface area contributed by atoms with E-state index in [1.807, 2.05) is 0 Å². The summed E-state index contributed by atoms with van der Waals surface area (Å²) >= 11 is 0. The van der Waals surface area contributed by atoms with Crippen molar-refractivity contribution in [3.05, 3.63) is 23.0 Å². The van der Waals surface area contributed by atoms with Crippen LogP contribution in [-0.2, 0) is 48.2 Å². The van der Waals surface area contributed by atoms with E-state index in [9.17, 15) is 23.7 Å². The lowest BCUT2D eigenvalue weighted by molar-refractivity contribution is -0.199. The third-order valence-corrected chi connectivity index (χ3v) is 10.6. The first kappa shape index (κ1) is 40.8. The predicted octanol–water partition coefficient (Wildman–Crippen LogP) is 2.95. The third-order valence-electron chi connectivity index (χ3n) is 7.95. The molecule has 2 saturated heterocycles. The Morgan fingerprint density at radius 2 is 1.42 bits per heavy atom. The van der Waals surface area contributed by atoms with Gasteiger partial charge in [-0.1, -0.05) is 41.5 Å². The van der Waals surface area contributed by atoms with Crippen molar-refractivity contribution < 1.29 is 51.2 Å². The first-order valence-corrected chi connectivity index (χ1v) is 19.2. The number of phosphoric ester groups is 2. The fourth-order valence-electron chi connectivity index (χ4n) is 5.30. The fraction of sp³-hybridized carbons (Fsp3) is 0.821. The van der Waals surface area contributed by atoms with E-state index in [4.69, 9.17) is 23.5 Å². The number of rotatable bonds is 6. The molecular formula is C28H52N6O12P2. The molecule has 2 fully saturated rings. The van der Waals surface area contributed by atoms with Crippen molar-refractivity contribution in [1.82, 2.24) is 28.9 Å². The average Bonchev–Trinajstić information content (AvgIpc) is 3.69. The second kappa shape index (κ2) is 18.0. The number of ether oxygens (including phenoxy) is 4. The molecule has 4 aliphatic heterocycles. The van der Waals surface area contributed by atoms with Crippen LogP contribution >= 0.6 is 15.6 Å². The molecule has 4 aliphatic rings. The van der Waals surface area contributed by atoms with Gasteiger partial charge in [-0.25, -0.2) is 19.1 Å². The smallest absolute Gasteiger partial charge is 0.358 e. The summed E-state index contributed by atoms with van der Waals surface area (Å²) in [4.78, 5) is 45.7. The summed E-state index contributed by atoms with van der Waals surface area (Å²) < 4.78 is 63.9. The van der Waals surface area contributed by atoms with Gasteiger partial charge < -0.3 is 38.5 Å². The highest BCUT2D eigenvalue weighted by Crippen LogP contribution is 2.60. The van der Waals surface area contributed by atoms with Gasteiger partial charge in [-0.3, -0.25) is 23.0 Å². The van der Waals surface area contributed by atoms with Gasteiger partial charge in [-0.2, -0.15) is 4.31 Å². The van der Waals surface area contributed by atoms with Gasteiger partial charge in [0.2, 0.25) is 0 Å². The molecule has 48 heavy (non-hydrogen) atoms. The summed E-state index contributed by atoms with van der Waals surface area (Å²) in [6.45, 7) is 22.1. The van der Waals surface area contributed by atoms with Gasteiger partial charge in [0, 0.05) is 0 Å². The maximum Gasteiger partial charge on any atom is 0.481 e. The number of imidazole rings is 1. The van der Waals surface area contributed by atoms with Crippen LogP contribution in [0.1, 0.15) is 61.6 Å². The molecule has 276 valence electrons. The van der Waals surface area contributed by atoms with Gasteiger partial charge in [0.15, 0.2) is 23.2 Å². The minimum absolute atomic E-state index is 0.0506. The summed E-state index contributed by atoms with van der Waals surface area (Å²) in [7, 11) is -10.0. The molecule has 2 aromatic rings. The van der Waals surface area contributed by atoms with Crippen LogP contribution in [0.3, 0.4) is 0 Å². The summed E-state index contributed by atoms with van der Waals surface area (Å²) in [6.07, 6.45) is -0.682. The van der Waals surface area contributed by atoms with Crippen molar-refractivity contribution in [2.45, 2.75) is 92.4 Å². The Balaban J connectivity index is 0.000000376. The quantitative estimate of drug-likeness (QED) is 0.412. The highest BCUT2D eigenvalue weighted by molar-refractivity contribution is 7.61. The van der Waals surface area contributed by atoms with Gasteiger partial charge in [0.25, 0.3) is 5.56 Å². The minimum Gasteiger partial charge on any atom is -0.358 e. The SMILES string of the molecule is CC1(C)O[C@@H]2[C@H](O1)[C@H]1COP(=O)(O)OP(=O)(O)OCCOCn3cnc4c(ncn4[C@@H]2O1)c3=O.CCN(CC)CC.CCN(CC)CC. The van der Waals surface area contributed by atoms with Gasteiger partial charge in [-0.15, -0.1) is 0 Å². The monoisotopic (exact) mass is 726 g/mol. The molecule has 2 aromatic heterocycles. The van der Waals surface area contributed by atoms with Crippen molar-refractivity contribution in [3.8, 4) is 0 Å². The number of nitrogens with zero attached hydrogens (tertiary/aromatic N) is 6. The van der Waals surface area contributed by atoms with Gasteiger partial charge in [0.1, 0.15) is 31.4 Å². The van der Waals surface area contributed by atoms with Gasteiger partial charge in [-0.05, 0) is 53.1 Å². The normalized spacial score (nSPS) is 30.4. The maximum absolute atomic E-state index is 12.8. The van der Waals surface area contributed by atoms with E-state index in [2.05, 4.69) is 70.1 Å². The van der Waals surface area contributed by atoms with Crippen molar-refractivity contribution >= 4 is 26.8 Å². The first-order chi connectivity index (χ1) is 22.6. The summed E-state index contributed by atoms with van der Waals surface area (Å²) in [5.74, 6) is -1.02. The molecule has 20 heteroatoms. The number of hydrogen-bond acceptors (Lipinski definition) is 14. The molecular weight excluding hydrogens is 674 g/mol. The second-order valence-corrected chi connectivity index (χ2v) is 14.4. The molecule has 6 rings (SSSR count). The van der Waals surface area contributed by atoms with Crippen molar-refractivity contribution in [3.63, 3.8) is 0 Å². The van der Waals surface area contributed by atoms with Crippen molar-refractivity contribution in [1.29, 1.82) is 0 Å². The Morgan fingerprint density at radius 3 is 1.98 bits per heavy atom. The molecule has 2 N–H and O–H groups in total. The number of aromatic nitrogens is 4. The van der Waals surface area contributed by atoms with E-state index < -0.39 is 64.7 Å². The molecule has 6 heterocycles. The zero-order chi connectivity index (χ0) is 35.7. The Morgan fingerprint density at radius 1 is 0.854 bits per heavy atom. The number of phosphoric acid groups is 2. The first-order valence-electron chi connectivity index (χ1n) is 16.3. The van der Waals surface area contributed by atoms with E-state index in [-0.39, 0.29) is 24.5 Å². The van der Waals surface area contributed by atoms with Crippen LogP contribution in [0.2, 0.25) is 0 Å². The summed E-state index contributed by atoms with van der Waals surface area (Å²) in [6, 6.07) is 0. The van der Waals surface area contributed by atoms with Gasteiger partial charge in [0.05, 0.1) is 26.1 Å². The van der Waals surface area contributed by atoms with Crippen molar-refractivity contribution in [2.75, 3.05) is 59.1 Å². The predicted molar refractivity (Wildman–Crippen MR) is 175 cm³/mol. The highest BCUT2D eigenvalue weighted by atomic mass is 31.3. The zero-order valence-electron chi connectivity index (χ0n) is 29.1. The molecule has 0 radical (unpaired) electrons. The van der Waals surface area contributed by atoms with Crippen LogP contribution in [0.25, 0.3) is 11.2 Å². The Bertz CT molecular complexity index is 1430. The van der Waals surface area contributed by atoms with E-state index >= 15 is 0 Å². The van der Waals surface area contributed by atoms with Crippen LogP contribution in [0.4, 0.5) is 0 Å². The summed E-state index contributed by atoms with van der Waals surface area (Å²) in [5.41, 5.74) is -0.210. The van der Waals surface area contributed by atoms with Crippen LogP contribution < -0.4 is 5.56 Å². The molecule has 0 spiro atoms. The Labute approximate surface area is 281 Å². The number of hydrogen-bond donors (Lipinski definition) is 2. The Hall–Kier alpha value is -1.63. The molecule has 0 aliphatic carbocycles. The molecule has 0 amide bonds. The largest absolute Gasteiger partial charge is 0.481 e. The number of fused-ring (bicyclic) bond motifs is 11. The lowest BCUT2D eigenvalue weighted by Gasteiger charge is -2.25. The average molecular weight is 727 g/mol. The standard InChI is InChI=1S/C16H22N4O12P2.2C6H15N/c1-16(2)30-11-9-5-28-34(24,25)32-33(22,23)27-4-3-26-8-19-6-18-13-10(14(19)21)17-7-20(13)15(29-9)12(11)31-16;2*1-4-7(5-2)6-3/h6-7,9,11-12,15H,3-5,8H2,1-2H3,(H,22,23)(H,24,25);2*4-6H2,1-3H3/t9-,11-,12-,15-;;/m1../s1. The molecule has 6 bridgehead atoms. The van der Waals surface area contributed by atoms with E-state index in [1.54, 1.807) is 13.8 Å². The molecule has 2 unspecified atom stereocenters. The lowest BCUT2D eigenvalue weighted by Crippen LogP contribution is -2.32. The molecule has 18 nitrogen and oxygen atoms in total. The molecule has 6 atom stereocenters. The van der Waals surface area contributed by atoms with Crippen LogP contribution in [-0.4, -0.2) is 122 Å². The van der Waals surface area contributed by atoms with E-state index in [1.165, 1.54) is 56.5 Å². The highest BCUT2D eigenvalue weighted by Gasteiger charge is 2.56. The Kier molecular flexibility index (Phi) is 15.3. The second-order valence-electron chi connectivity index (χ2n) is 11.4. The van der Waals surface area contributed by atoms with Crippen LogP contribution in [0, 0.1) is 0 Å². The lowest BCUT2D eigenvalue weighted by atomic mass is 10.1.